The molecule has 2 atom stereocenters. The molecule has 0 radical (unpaired) electrons. The predicted octanol–water partition coefficient (Wildman–Crippen LogP) is 2.10. The van der Waals surface area contributed by atoms with Crippen molar-refractivity contribution in [1.82, 2.24) is 4.90 Å². The molecule has 1 aliphatic carbocycles. The van der Waals surface area contributed by atoms with Crippen LogP contribution in [-0.2, 0) is 6.42 Å². The van der Waals surface area contributed by atoms with Crippen LogP contribution >= 0.6 is 0 Å². The number of hydrogen-bond acceptors (Lipinski definition) is 2. The summed E-state index contributed by atoms with van der Waals surface area (Å²) >= 11 is 0. The van der Waals surface area contributed by atoms with Gasteiger partial charge in [0.2, 0.25) is 0 Å². The molecule has 0 bridgehead atoms. The quantitative estimate of drug-likeness (QED) is 0.779. The zero-order valence-electron chi connectivity index (χ0n) is 9.73. The molecule has 2 aliphatic rings. The van der Waals surface area contributed by atoms with E-state index in [1.165, 1.54) is 49.9 Å². The molecule has 1 aromatic carbocycles. The van der Waals surface area contributed by atoms with E-state index in [9.17, 15) is 0 Å². The number of nitrogens with two attached hydrogens (primary N) is 1. The first-order chi connectivity index (χ1) is 7.86. The van der Waals surface area contributed by atoms with Gasteiger partial charge in [0.1, 0.15) is 0 Å². The van der Waals surface area contributed by atoms with Crippen molar-refractivity contribution in [2.24, 2.45) is 5.73 Å². The smallest absolute Gasteiger partial charge is 0.0455 e. The lowest BCUT2D eigenvalue weighted by molar-refractivity contribution is 0.191. The van der Waals surface area contributed by atoms with Crippen LogP contribution in [0.25, 0.3) is 0 Å². The second kappa shape index (κ2) is 4.19. The number of hydrogen-bond donors (Lipinski definition) is 1. The molecule has 0 amide bonds. The van der Waals surface area contributed by atoms with Gasteiger partial charge in [-0.1, -0.05) is 24.3 Å². The standard InChI is InChI=1S/C14H20N2/c15-14-12-6-2-1-5-11(12)7-8-13(14)16-9-3-4-10-16/h1-2,5-6,13-14H,3-4,7-10,15H2/t13-,14+/m0/s1. The molecule has 1 aromatic rings. The highest BCUT2D eigenvalue weighted by Gasteiger charge is 2.31. The fourth-order valence-electron chi connectivity index (χ4n) is 3.26. The van der Waals surface area contributed by atoms with Gasteiger partial charge in [-0.2, -0.15) is 0 Å². The highest BCUT2D eigenvalue weighted by atomic mass is 15.2. The second-order valence-electron chi connectivity index (χ2n) is 5.07. The van der Waals surface area contributed by atoms with E-state index in [0.29, 0.717) is 6.04 Å². The Morgan fingerprint density at radius 1 is 1.12 bits per heavy atom. The van der Waals surface area contributed by atoms with Crippen molar-refractivity contribution in [3.05, 3.63) is 35.4 Å². The first-order valence-electron chi connectivity index (χ1n) is 6.44. The molecule has 1 saturated heterocycles. The summed E-state index contributed by atoms with van der Waals surface area (Å²) < 4.78 is 0. The van der Waals surface area contributed by atoms with Crippen LogP contribution in [0.2, 0.25) is 0 Å². The van der Waals surface area contributed by atoms with E-state index in [1.54, 1.807) is 0 Å². The van der Waals surface area contributed by atoms with Gasteiger partial charge in [-0.3, -0.25) is 4.90 Å². The van der Waals surface area contributed by atoms with Gasteiger partial charge in [0.05, 0.1) is 0 Å². The lowest BCUT2D eigenvalue weighted by atomic mass is 9.84. The Kier molecular flexibility index (Phi) is 2.70. The van der Waals surface area contributed by atoms with Crippen LogP contribution in [0.4, 0.5) is 0 Å². The van der Waals surface area contributed by atoms with Crippen LogP contribution in [0, 0.1) is 0 Å². The molecule has 2 nitrogen and oxygen atoms in total. The molecule has 2 heteroatoms. The number of aryl methyl sites for hydroxylation is 1. The third kappa shape index (κ3) is 1.66. The van der Waals surface area contributed by atoms with Gasteiger partial charge in [-0.15, -0.1) is 0 Å². The lowest BCUT2D eigenvalue weighted by Gasteiger charge is -2.37. The summed E-state index contributed by atoms with van der Waals surface area (Å²) in [5, 5.41) is 0. The zero-order valence-corrected chi connectivity index (χ0v) is 9.73. The zero-order chi connectivity index (χ0) is 11.0. The minimum atomic E-state index is 0.225. The van der Waals surface area contributed by atoms with Crippen molar-refractivity contribution in [2.75, 3.05) is 13.1 Å². The van der Waals surface area contributed by atoms with Crippen LogP contribution in [0.3, 0.4) is 0 Å². The molecule has 1 aliphatic heterocycles. The maximum Gasteiger partial charge on any atom is 0.0455 e. The minimum Gasteiger partial charge on any atom is -0.323 e. The van der Waals surface area contributed by atoms with E-state index in [-0.39, 0.29) is 6.04 Å². The number of benzene rings is 1. The Balaban J connectivity index is 1.85. The molecule has 0 spiro atoms. The SMILES string of the molecule is N[C@@H]1c2ccccc2CC[C@@H]1N1CCCC1. The van der Waals surface area contributed by atoms with Gasteiger partial charge in [0, 0.05) is 12.1 Å². The van der Waals surface area contributed by atoms with Crippen molar-refractivity contribution in [2.45, 2.75) is 37.8 Å². The molecule has 2 N–H and O–H groups in total. The van der Waals surface area contributed by atoms with Gasteiger partial charge < -0.3 is 5.73 Å². The molecular formula is C14H20N2. The van der Waals surface area contributed by atoms with Crippen LogP contribution in [0.5, 0.6) is 0 Å². The molecule has 0 saturated carbocycles. The molecule has 0 unspecified atom stereocenters. The van der Waals surface area contributed by atoms with Crippen molar-refractivity contribution in [3.63, 3.8) is 0 Å². The van der Waals surface area contributed by atoms with E-state index in [4.69, 9.17) is 5.73 Å². The maximum absolute atomic E-state index is 6.43. The molecular weight excluding hydrogens is 196 g/mol. The van der Waals surface area contributed by atoms with E-state index in [2.05, 4.69) is 29.2 Å². The van der Waals surface area contributed by atoms with Crippen molar-refractivity contribution < 1.29 is 0 Å². The number of fused-ring (bicyclic) bond motifs is 1. The Bertz CT molecular complexity index is 369. The lowest BCUT2D eigenvalue weighted by Crippen LogP contribution is -2.44. The minimum absolute atomic E-state index is 0.225. The second-order valence-corrected chi connectivity index (χ2v) is 5.07. The number of likely N-dealkylation sites (tertiary alicyclic amines) is 1. The summed E-state index contributed by atoms with van der Waals surface area (Å²) in [6, 6.07) is 9.49. The average molecular weight is 216 g/mol. The molecule has 0 aromatic heterocycles. The number of rotatable bonds is 1. The van der Waals surface area contributed by atoms with E-state index in [0.717, 1.165) is 0 Å². The highest BCUT2D eigenvalue weighted by Crippen LogP contribution is 2.32. The van der Waals surface area contributed by atoms with E-state index >= 15 is 0 Å². The van der Waals surface area contributed by atoms with E-state index < -0.39 is 0 Å². The maximum atomic E-state index is 6.43. The molecule has 3 rings (SSSR count). The highest BCUT2D eigenvalue weighted by molar-refractivity contribution is 5.33. The summed E-state index contributed by atoms with van der Waals surface area (Å²) in [5.41, 5.74) is 9.27. The van der Waals surface area contributed by atoms with Gasteiger partial charge in [-0.05, 0) is 49.9 Å². The summed E-state index contributed by atoms with van der Waals surface area (Å²) in [5.74, 6) is 0. The van der Waals surface area contributed by atoms with E-state index in [1.807, 2.05) is 0 Å². The Labute approximate surface area is 97.4 Å². The normalized spacial score (nSPS) is 30.3. The first kappa shape index (κ1) is 10.3. The molecule has 86 valence electrons. The average Bonchev–Trinajstić information content (AvgIpc) is 2.83. The van der Waals surface area contributed by atoms with Gasteiger partial charge in [0.15, 0.2) is 0 Å². The summed E-state index contributed by atoms with van der Waals surface area (Å²) in [6.45, 7) is 2.50. The Morgan fingerprint density at radius 2 is 1.88 bits per heavy atom. The predicted molar refractivity (Wildman–Crippen MR) is 66.3 cm³/mol. The van der Waals surface area contributed by atoms with Gasteiger partial charge in [0.25, 0.3) is 0 Å². The summed E-state index contributed by atoms with van der Waals surface area (Å²) in [7, 11) is 0. The van der Waals surface area contributed by atoms with Crippen LogP contribution < -0.4 is 5.73 Å². The largest absolute Gasteiger partial charge is 0.323 e. The fraction of sp³-hybridized carbons (Fsp3) is 0.571. The molecule has 16 heavy (non-hydrogen) atoms. The first-order valence-corrected chi connectivity index (χ1v) is 6.44. The third-order valence-electron chi connectivity index (χ3n) is 4.15. The molecule has 1 fully saturated rings. The monoisotopic (exact) mass is 216 g/mol. The number of nitrogens with zero attached hydrogens (tertiary/aromatic N) is 1. The van der Waals surface area contributed by atoms with Crippen molar-refractivity contribution in [1.29, 1.82) is 0 Å². The van der Waals surface area contributed by atoms with Crippen molar-refractivity contribution in [3.8, 4) is 0 Å². The van der Waals surface area contributed by atoms with Crippen molar-refractivity contribution >= 4 is 0 Å². The van der Waals surface area contributed by atoms with Crippen LogP contribution in [-0.4, -0.2) is 24.0 Å². The fourth-order valence-corrected chi connectivity index (χ4v) is 3.26. The summed E-state index contributed by atoms with van der Waals surface area (Å²) in [4.78, 5) is 2.60. The third-order valence-corrected chi connectivity index (χ3v) is 4.15. The van der Waals surface area contributed by atoms with Crippen LogP contribution in [0.1, 0.15) is 36.4 Å². The van der Waals surface area contributed by atoms with Gasteiger partial charge in [-0.25, -0.2) is 0 Å². The Morgan fingerprint density at radius 3 is 2.69 bits per heavy atom. The Hall–Kier alpha value is -0.860. The molecule has 1 heterocycles. The topological polar surface area (TPSA) is 29.3 Å². The van der Waals surface area contributed by atoms with Gasteiger partial charge >= 0.3 is 0 Å². The van der Waals surface area contributed by atoms with Crippen LogP contribution in [0.15, 0.2) is 24.3 Å². The summed E-state index contributed by atoms with van der Waals surface area (Å²) in [6.07, 6.45) is 5.14.